The van der Waals surface area contributed by atoms with E-state index in [2.05, 4.69) is 43.0 Å². The Kier molecular flexibility index (Phi) is 4.48. The van der Waals surface area contributed by atoms with E-state index >= 15 is 0 Å². The summed E-state index contributed by atoms with van der Waals surface area (Å²) in [7, 11) is 0. The number of benzene rings is 1. The monoisotopic (exact) mass is 251 g/mol. The molecule has 0 spiro atoms. The lowest BCUT2D eigenvalue weighted by Gasteiger charge is -2.13. The normalized spacial score (nSPS) is 25.4. The van der Waals surface area contributed by atoms with Gasteiger partial charge in [0.1, 0.15) is 0 Å². The van der Waals surface area contributed by atoms with Crippen LogP contribution in [0.4, 0.5) is 0 Å². The first kappa shape index (κ1) is 12.9. The summed E-state index contributed by atoms with van der Waals surface area (Å²) in [5, 5.41) is 9.96. The Morgan fingerprint density at radius 3 is 2.59 bits per heavy atom. The van der Waals surface area contributed by atoms with E-state index in [1.165, 1.54) is 10.5 Å². The number of aryl methyl sites for hydroxylation is 1. The van der Waals surface area contributed by atoms with Gasteiger partial charge in [0.15, 0.2) is 0 Å². The number of nitrogens with zero attached hydrogens (tertiary/aromatic N) is 1. The van der Waals surface area contributed by atoms with E-state index in [0.29, 0.717) is 5.92 Å². The van der Waals surface area contributed by atoms with Crippen molar-refractivity contribution >= 4 is 11.8 Å². The van der Waals surface area contributed by atoms with Crippen molar-refractivity contribution in [1.82, 2.24) is 4.90 Å². The third-order valence-electron chi connectivity index (χ3n) is 3.41. The van der Waals surface area contributed by atoms with E-state index in [9.17, 15) is 5.11 Å². The fraction of sp³-hybridized carbons (Fsp3) is 0.571. The molecule has 0 amide bonds. The SMILES string of the molecule is CCN1C[C@@H](CSc2ccc(C)cc2)[C@H](O)C1. The van der Waals surface area contributed by atoms with Crippen LogP contribution in [-0.2, 0) is 0 Å². The molecular weight excluding hydrogens is 230 g/mol. The maximum Gasteiger partial charge on any atom is 0.0715 e. The molecule has 1 aliphatic heterocycles. The van der Waals surface area contributed by atoms with Crippen LogP contribution in [0.1, 0.15) is 12.5 Å². The molecule has 1 aliphatic rings. The van der Waals surface area contributed by atoms with Crippen molar-refractivity contribution in [1.29, 1.82) is 0 Å². The van der Waals surface area contributed by atoms with E-state index in [4.69, 9.17) is 0 Å². The van der Waals surface area contributed by atoms with Gasteiger partial charge in [0.25, 0.3) is 0 Å². The predicted molar refractivity (Wildman–Crippen MR) is 73.5 cm³/mol. The minimum absolute atomic E-state index is 0.145. The smallest absolute Gasteiger partial charge is 0.0715 e. The van der Waals surface area contributed by atoms with Gasteiger partial charge in [-0.2, -0.15) is 0 Å². The molecule has 0 aliphatic carbocycles. The van der Waals surface area contributed by atoms with Gasteiger partial charge in [0, 0.05) is 29.7 Å². The van der Waals surface area contributed by atoms with Crippen LogP contribution < -0.4 is 0 Å². The second-order valence-corrected chi connectivity index (χ2v) is 5.90. The Hall–Kier alpha value is -0.510. The molecule has 1 fully saturated rings. The van der Waals surface area contributed by atoms with Gasteiger partial charge in [0.2, 0.25) is 0 Å². The number of hydrogen-bond acceptors (Lipinski definition) is 3. The average Bonchev–Trinajstić information content (AvgIpc) is 2.69. The van der Waals surface area contributed by atoms with Crippen LogP contribution >= 0.6 is 11.8 Å². The zero-order chi connectivity index (χ0) is 12.3. The number of hydrogen-bond donors (Lipinski definition) is 1. The van der Waals surface area contributed by atoms with Gasteiger partial charge in [-0.1, -0.05) is 24.6 Å². The molecule has 1 aromatic rings. The summed E-state index contributed by atoms with van der Waals surface area (Å²) in [6.07, 6.45) is -0.145. The van der Waals surface area contributed by atoms with Gasteiger partial charge in [-0.3, -0.25) is 0 Å². The summed E-state index contributed by atoms with van der Waals surface area (Å²) in [5.41, 5.74) is 1.30. The molecule has 0 aromatic heterocycles. The summed E-state index contributed by atoms with van der Waals surface area (Å²) < 4.78 is 0. The standard InChI is InChI=1S/C14H21NOS/c1-3-15-8-12(14(16)9-15)10-17-13-6-4-11(2)5-7-13/h4-7,12,14,16H,3,8-10H2,1-2H3/t12-,14+/m0/s1. The topological polar surface area (TPSA) is 23.5 Å². The lowest BCUT2D eigenvalue weighted by molar-refractivity contribution is 0.150. The van der Waals surface area contributed by atoms with Crippen LogP contribution in [0, 0.1) is 12.8 Å². The van der Waals surface area contributed by atoms with E-state index in [1.54, 1.807) is 0 Å². The molecule has 2 nitrogen and oxygen atoms in total. The Morgan fingerprint density at radius 2 is 2.00 bits per heavy atom. The zero-order valence-corrected chi connectivity index (χ0v) is 11.4. The quantitative estimate of drug-likeness (QED) is 0.831. The second kappa shape index (κ2) is 5.89. The summed E-state index contributed by atoms with van der Waals surface area (Å²) in [6.45, 7) is 7.19. The van der Waals surface area contributed by atoms with Crippen molar-refractivity contribution in [2.75, 3.05) is 25.4 Å². The lowest BCUT2D eigenvalue weighted by Crippen LogP contribution is -2.21. The summed E-state index contributed by atoms with van der Waals surface area (Å²) >= 11 is 1.86. The van der Waals surface area contributed by atoms with Gasteiger partial charge >= 0.3 is 0 Å². The minimum atomic E-state index is -0.145. The first-order valence-electron chi connectivity index (χ1n) is 6.29. The van der Waals surface area contributed by atoms with Gasteiger partial charge in [-0.25, -0.2) is 0 Å². The predicted octanol–water partition coefficient (Wildman–Crippen LogP) is 2.40. The van der Waals surface area contributed by atoms with E-state index in [0.717, 1.165) is 25.4 Å². The summed E-state index contributed by atoms with van der Waals surface area (Å²) in [6, 6.07) is 8.62. The van der Waals surface area contributed by atoms with Crippen molar-refractivity contribution in [2.45, 2.75) is 24.8 Å². The highest BCUT2D eigenvalue weighted by atomic mass is 32.2. The van der Waals surface area contributed by atoms with Crippen molar-refractivity contribution in [3.63, 3.8) is 0 Å². The van der Waals surface area contributed by atoms with Crippen molar-refractivity contribution < 1.29 is 5.11 Å². The van der Waals surface area contributed by atoms with Crippen LogP contribution in [0.2, 0.25) is 0 Å². The number of aliphatic hydroxyl groups excluding tert-OH is 1. The zero-order valence-electron chi connectivity index (χ0n) is 10.6. The van der Waals surface area contributed by atoms with Gasteiger partial charge in [-0.15, -0.1) is 11.8 Å². The molecule has 0 radical (unpaired) electrons. The van der Waals surface area contributed by atoms with Crippen molar-refractivity contribution in [2.24, 2.45) is 5.92 Å². The molecule has 0 unspecified atom stereocenters. The number of aliphatic hydroxyl groups is 1. The first-order valence-corrected chi connectivity index (χ1v) is 7.27. The number of β-amino-alcohol motifs (C(OH)–C–C–N with tert-alkyl or cyclic N) is 1. The van der Waals surface area contributed by atoms with E-state index in [-0.39, 0.29) is 6.10 Å². The number of rotatable bonds is 4. The maximum atomic E-state index is 9.96. The summed E-state index contributed by atoms with van der Waals surface area (Å²) in [4.78, 5) is 3.63. The molecular formula is C14H21NOS. The van der Waals surface area contributed by atoms with Gasteiger partial charge < -0.3 is 10.0 Å². The van der Waals surface area contributed by atoms with E-state index < -0.39 is 0 Å². The molecule has 17 heavy (non-hydrogen) atoms. The Balaban J connectivity index is 1.84. The molecule has 3 heteroatoms. The first-order chi connectivity index (χ1) is 8.19. The highest BCUT2D eigenvalue weighted by molar-refractivity contribution is 7.99. The van der Waals surface area contributed by atoms with E-state index in [1.807, 2.05) is 11.8 Å². The average molecular weight is 251 g/mol. The number of thioether (sulfide) groups is 1. The highest BCUT2D eigenvalue weighted by Crippen LogP contribution is 2.26. The summed E-state index contributed by atoms with van der Waals surface area (Å²) in [5.74, 6) is 1.43. The molecule has 1 N–H and O–H groups in total. The van der Waals surface area contributed by atoms with Crippen molar-refractivity contribution in [3.05, 3.63) is 29.8 Å². The van der Waals surface area contributed by atoms with Crippen LogP contribution in [0.15, 0.2) is 29.2 Å². The molecule has 1 saturated heterocycles. The fourth-order valence-corrected chi connectivity index (χ4v) is 3.26. The minimum Gasteiger partial charge on any atom is -0.391 e. The molecule has 0 saturated carbocycles. The van der Waals surface area contributed by atoms with Crippen LogP contribution in [0.25, 0.3) is 0 Å². The van der Waals surface area contributed by atoms with Crippen LogP contribution in [0.5, 0.6) is 0 Å². The molecule has 94 valence electrons. The Labute approximate surface area is 108 Å². The number of likely N-dealkylation sites (tertiary alicyclic amines) is 1. The Bertz CT molecular complexity index is 352. The number of likely N-dealkylation sites (N-methyl/N-ethyl adjacent to an activating group) is 1. The fourth-order valence-electron chi connectivity index (χ4n) is 2.20. The molecule has 2 atom stereocenters. The third kappa shape index (κ3) is 3.47. The third-order valence-corrected chi connectivity index (χ3v) is 4.61. The lowest BCUT2D eigenvalue weighted by atomic mass is 10.1. The van der Waals surface area contributed by atoms with Gasteiger partial charge in [-0.05, 0) is 25.6 Å². The van der Waals surface area contributed by atoms with Crippen molar-refractivity contribution in [3.8, 4) is 0 Å². The van der Waals surface area contributed by atoms with Crippen LogP contribution in [0.3, 0.4) is 0 Å². The van der Waals surface area contributed by atoms with Gasteiger partial charge in [0.05, 0.1) is 6.10 Å². The molecule has 2 rings (SSSR count). The molecule has 0 bridgehead atoms. The highest BCUT2D eigenvalue weighted by Gasteiger charge is 2.29. The van der Waals surface area contributed by atoms with Crippen LogP contribution in [-0.4, -0.2) is 41.5 Å². The molecule has 1 heterocycles. The second-order valence-electron chi connectivity index (χ2n) is 4.80. The largest absolute Gasteiger partial charge is 0.391 e. The molecule has 1 aromatic carbocycles. The maximum absolute atomic E-state index is 9.96. The Morgan fingerprint density at radius 1 is 1.29 bits per heavy atom.